The smallest absolute Gasteiger partial charge is 0.304 e. The Morgan fingerprint density at radius 1 is 1.39 bits per heavy atom. The number of nitro groups is 1. The van der Waals surface area contributed by atoms with Gasteiger partial charge in [0.15, 0.2) is 6.79 Å². The number of carbonyl (C=O) groups is 1. The summed E-state index contributed by atoms with van der Waals surface area (Å²) in [4.78, 5) is 20.7. The van der Waals surface area contributed by atoms with Crippen LogP contribution in [0.4, 0.5) is 0 Å². The van der Waals surface area contributed by atoms with Crippen molar-refractivity contribution in [2.45, 2.75) is 6.92 Å². The lowest BCUT2D eigenvalue weighted by atomic mass is 10.2. The predicted molar refractivity (Wildman–Crippen MR) is 64.0 cm³/mol. The molecule has 96 valence electrons. The highest BCUT2D eigenvalue weighted by molar-refractivity contribution is 5.65. The van der Waals surface area contributed by atoms with Crippen molar-refractivity contribution in [1.82, 2.24) is 0 Å². The van der Waals surface area contributed by atoms with Crippen LogP contribution in [-0.2, 0) is 14.3 Å². The second-order valence-corrected chi connectivity index (χ2v) is 3.41. The van der Waals surface area contributed by atoms with E-state index in [1.165, 1.54) is 13.0 Å². The maximum atomic E-state index is 10.8. The van der Waals surface area contributed by atoms with E-state index in [1.807, 2.05) is 6.07 Å². The normalized spacial score (nSPS) is 11.1. The number of hydrogen-bond donors (Lipinski definition) is 0. The van der Waals surface area contributed by atoms with E-state index < -0.39 is 10.9 Å². The van der Waals surface area contributed by atoms with Crippen LogP contribution in [0.2, 0.25) is 0 Å². The van der Waals surface area contributed by atoms with Gasteiger partial charge < -0.3 is 9.47 Å². The molecule has 0 heterocycles. The molecule has 0 N–H and O–H groups in total. The third kappa shape index (κ3) is 5.22. The first-order valence-electron chi connectivity index (χ1n) is 5.20. The van der Waals surface area contributed by atoms with E-state index in [1.54, 1.807) is 24.3 Å². The van der Waals surface area contributed by atoms with Crippen LogP contribution in [0.1, 0.15) is 12.5 Å². The Morgan fingerprint density at radius 2 is 2.06 bits per heavy atom. The Hall–Kier alpha value is -2.21. The van der Waals surface area contributed by atoms with E-state index >= 15 is 0 Å². The van der Waals surface area contributed by atoms with Crippen molar-refractivity contribution in [3.63, 3.8) is 0 Å². The molecule has 0 aliphatic carbocycles. The number of hydrogen-bond acceptors (Lipinski definition) is 5. The molecule has 6 heteroatoms. The van der Waals surface area contributed by atoms with E-state index in [0.717, 1.165) is 0 Å². The molecule has 1 aromatic carbocycles. The number of carbonyl (C=O) groups excluding carboxylic acids is 1. The number of benzene rings is 1. The predicted octanol–water partition coefficient (Wildman–Crippen LogP) is 1.84. The van der Waals surface area contributed by atoms with Gasteiger partial charge in [-0.1, -0.05) is 30.3 Å². The molecular formula is C12H13NO5. The first-order valence-corrected chi connectivity index (χ1v) is 5.20. The number of esters is 1. The van der Waals surface area contributed by atoms with E-state index in [-0.39, 0.29) is 19.1 Å². The van der Waals surface area contributed by atoms with Gasteiger partial charge in [0, 0.05) is 13.0 Å². The third-order valence-electron chi connectivity index (χ3n) is 1.96. The lowest BCUT2D eigenvalue weighted by Crippen LogP contribution is -2.11. The van der Waals surface area contributed by atoms with Crippen molar-refractivity contribution in [3.05, 3.63) is 51.7 Å². The Morgan fingerprint density at radius 3 is 2.61 bits per heavy atom. The highest BCUT2D eigenvalue weighted by Gasteiger charge is 2.11. The van der Waals surface area contributed by atoms with Crippen molar-refractivity contribution in [1.29, 1.82) is 0 Å². The van der Waals surface area contributed by atoms with E-state index in [2.05, 4.69) is 4.74 Å². The van der Waals surface area contributed by atoms with Crippen LogP contribution >= 0.6 is 0 Å². The van der Waals surface area contributed by atoms with Crippen molar-refractivity contribution < 1.29 is 19.2 Å². The topological polar surface area (TPSA) is 78.7 Å². The van der Waals surface area contributed by atoms with Gasteiger partial charge in [0.05, 0.1) is 4.92 Å². The molecule has 0 amide bonds. The van der Waals surface area contributed by atoms with Crippen molar-refractivity contribution >= 4 is 12.0 Å². The first kappa shape index (κ1) is 13.9. The van der Waals surface area contributed by atoms with Gasteiger partial charge in [-0.25, -0.2) is 0 Å². The largest absolute Gasteiger partial charge is 0.439 e. The van der Waals surface area contributed by atoms with Gasteiger partial charge in [0.25, 0.3) is 5.70 Å². The summed E-state index contributed by atoms with van der Waals surface area (Å²) >= 11 is 0. The van der Waals surface area contributed by atoms with Crippen molar-refractivity contribution in [3.8, 4) is 0 Å². The molecule has 0 saturated heterocycles. The number of nitrogens with zero attached hydrogens (tertiary/aromatic N) is 1. The van der Waals surface area contributed by atoms with Gasteiger partial charge in [0.2, 0.25) is 0 Å². The molecule has 0 aliphatic heterocycles. The molecule has 1 aromatic rings. The maximum Gasteiger partial charge on any atom is 0.304 e. The van der Waals surface area contributed by atoms with Crippen molar-refractivity contribution in [2.75, 3.05) is 13.4 Å². The lowest BCUT2D eigenvalue weighted by Gasteiger charge is -2.02. The standard InChI is InChI=1S/C12H13NO5/c1-10(14)18-9-17-8-12(13(15)16)7-11-5-3-2-4-6-11/h2-7H,8-9H2,1H3/b12-7+. The van der Waals surface area contributed by atoms with Gasteiger partial charge in [-0.3, -0.25) is 14.9 Å². The van der Waals surface area contributed by atoms with E-state index in [0.29, 0.717) is 5.56 Å². The van der Waals surface area contributed by atoms with Crippen LogP contribution in [-0.4, -0.2) is 24.3 Å². The fraction of sp³-hybridized carbons (Fsp3) is 0.250. The Labute approximate surface area is 104 Å². The molecule has 0 unspecified atom stereocenters. The molecular weight excluding hydrogens is 238 g/mol. The van der Waals surface area contributed by atoms with Crippen LogP contribution < -0.4 is 0 Å². The summed E-state index contributed by atoms with van der Waals surface area (Å²) in [5.74, 6) is -0.496. The van der Waals surface area contributed by atoms with E-state index in [9.17, 15) is 14.9 Å². The quantitative estimate of drug-likeness (QED) is 0.253. The maximum absolute atomic E-state index is 10.8. The fourth-order valence-corrected chi connectivity index (χ4v) is 1.16. The highest BCUT2D eigenvalue weighted by atomic mass is 16.7. The van der Waals surface area contributed by atoms with Crippen LogP contribution in [0.15, 0.2) is 36.0 Å². The van der Waals surface area contributed by atoms with Crippen LogP contribution in [0.25, 0.3) is 6.08 Å². The zero-order chi connectivity index (χ0) is 13.4. The Bertz CT molecular complexity index is 441. The third-order valence-corrected chi connectivity index (χ3v) is 1.96. The van der Waals surface area contributed by atoms with Gasteiger partial charge in [0.1, 0.15) is 6.61 Å². The molecule has 0 bridgehead atoms. The molecule has 0 atom stereocenters. The molecule has 18 heavy (non-hydrogen) atoms. The molecule has 0 aromatic heterocycles. The summed E-state index contributed by atoms with van der Waals surface area (Å²) in [6.45, 7) is 0.710. The molecule has 1 rings (SSSR count). The summed E-state index contributed by atoms with van der Waals surface area (Å²) in [7, 11) is 0. The highest BCUT2D eigenvalue weighted by Crippen LogP contribution is 2.07. The average molecular weight is 251 g/mol. The fourth-order valence-electron chi connectivity index (χ4n) is 1.16. The monoisotopic (exact) mass is 251 g/mol. The Kier molecular flexibility index (Phi) is 5.53. The van der Waals surface area contributed by atoms with E-state index in [4.69, 9.17) is 4.74 Å². The SMILES string of the molecule is CC(=O)OCOC/C(=C\c1ccccc1)[N+](=O)[O-]. The van der Waals surface area contributed by atoms with Crippen LogP contribution in [0, 0.1) is 10.1 Å². The molecule has 0 spiro atoms. The van der Waals surface area contributed by atoms with Crippen molar-refractivity contribution in [2.24, 2.45) is 0 Å². The summed E-state index contributed by atoms with van der Waals surface area (Å²) < 4.78 is 9.40. The summed E-state index contributed by atoms with van der Waals surface area (Å²) in [6.07, 6.45) is 1.41. The number of rotatable bonds is 6. The van der Waals surface area contributed by atoms with Gasteiger partial charge in [-0.15, -0.1) is 0 Å². The van der Waals surface area contributed by atoms with Gasteiger partial charge >= 0.3 is 5.97 Å². The molecule has 0 aliphatic rings. The summed E-state index contributed by atoms with van der Waals surface area (Å²) in [6, 6.07) is 8.87. The summed E-state index contributed by atoms with van der Waals surface area (Å²) in [5.41, 5.74) is 0.605. The average Bonchev–Trinajstić information content (AvgIpc) is 2.33. The molecule has 6 nitrogen and oxygen atoms in total. The second kappa shape index (κ2) is 7.18. The van der Waals surface area contributed by atoms with Crippen LogP contribution in [0.3, 0.4) is 0 Å². The minimum atomic E-state index is -0.527. The minimum Gasteiger partial charge on any atom is -0.439 e. The zero-order valence-corrected chi connectivity index (χ0v) is 9.87. The van der Waals surface area contributed by atoms with Gasteiger partial charge in [-0.05, 0) is 5.56 Å². The molecule has 0 radical (unpaired) electrons. The molecule has 0 fully saturated rings. The number of ether oxygens (including phenoxy) is 2. The first-order chi connectivity index (χ1) is 8.59. The summed E-state index contributed by atoms with van der Waals surface area (Å²) in [5, 5.41) is 10.8. The Balaban J connectivity index is 2.58. The molecule has 0 saturated carbocycles. The zero-order valence-electron chi connectivity index (χ0n) is 9.87. The lowest BCUT2D eigenvalue weighted by molar-refractivity contribution is -0.429. The second-order valence-electron chi connectivity index (χ2n) is 3.41. The minimum absolute atomic E-state index is 0.103. The van der Waals surface area contributed by atoms with Gasteiger partial charge in [-0.2, -0.15) is 0 Å². The van der Waals surface area contributed by atoms with Crippen LogP contribution in [0.5, 0.6) is 0 Å².